The van der Waals surface area contributed by atoms with Gasteiger partial charge in [0.05, 0.1) is 0 Å². The van der Waals surface area contributed by atoms with Crippen molar-refractivity contribution in [1.29, 1.82) is 0 Å². The highest BCUT2D eigenvalue weighted by Crippen LogP contribution is 2.38. The third-order valence-corrected chi connectivity index (χ3v) is 2.48. The van der Waals surface area contributed by atoms with Gasteiger partial charge >= 0.3 is 0 Å². The van der Waals surface area contributed by atoms with Gasteiger partial charge in [-0.25, -0.2) is 0 Å². The Kier molecular flexibility index (Phi) is 1.40. The molecule has 2 rings (SSSR count). The molecule has 0 aromatic heterocycles. The first-order valence-electron chi connectivity index (χ1n) is 4.07. The van der Waals surface area contributed by atoms with Crippen LogP contribution in [0.5, 0.6) is 0 Å². The minimum Gasteiger partial charge on any atom is -0.0802 e. The molecular formula is C10H13. The minimum absolute atomic E-state index is 0.792. The summed E-state index contributed by atoms with van der Waals surface area (Å²) < 4.78 is 0. The summed E-state index contributed by atoms with van der Waals surface area (Å²) in [6, 6.07) is 0. The molecule has 0 aliphatic heterocycles. The van der Waals surface area contributed by atoms with Gasteiger partial charge in [-0.15, -0.1) is 0 Å². The number of hydrogen-bond acceptors (Lipinski definition) is 0. The van der Waals surface area contributed by atoms with Crippen molar-refractivity contribution < 1.29 is 0 Å². The summed E-state index contributed by atoms with van der Waals surface area (Å²) in [6.45, 7) is 2.34. The predicted octanol–water partition coefficient (Wildman–Crippen LogP) is 2.73. The molecule has 0 heterocycles. The number of allylic oxidation sites excluding steroid dienone is 4. The summed E-state index contributed by atoms with van der Waals surface area (Å²) in [4.78, 5) is 0. The largest absolute Gasteiger partial charge is 0.0802 e. The molecule has 1 fully saturated rings. The molecule has 1 saturated carbocycles. The van der Waals surface area contributed by atoms with Gasteiger partial charge < -0.3 is 0 Å². The molecular weight excluding hydrogens is 120 g/mol. The van der Waals surface area contributed by atoms with Crippen LogP contribution in [0.3, 0.4) is 0 Å². The summed E-state index contributed by atoms with van der Waals surface area (Å²) in [5, 5.41) is 0. The van der Waals surface area contributed by atoms with Gasteiger partial charge in [0.15, 0.2) is 0 Å². The smallest absolute Gasteiger partial charge is 0.00957 e. The van der Waals surface area contributed by atoms with Gasteiger partial charge in [0.1, 0.15) is 0 Å². The number of rotatable bonds is 0. The van der Waals surface area contributed by atoms with Crippen LogP contribution in [-0.4, -0.2) is 0 Å². The summed E-state index contributed by atoms with van der Waals surface area (Å²) >= 11 is 0. The van der Waals surface area contributed by atoms with Gasteiger partial charge in [-0.05, 0) is 31.1 Å². The summed E-state index contributed by atoms with van der Waals surface area (Å²) in [7, 11) is 0. The van der Waals surface area contributed by atoms with E-state index in [0.29, 0.717) is 0 Å². The van der Waals surface area contributed by atoms with E-state index in [0.717, 1.165) is 11.8 Å². The van der Waals surface area contributed by atoms with Crippen LogP contribution in [0.1, 0.15) is 19.8 Å². The van der Waals surface area contributed by atoms with Gasteiger partial charge in [-0.2, -0.15) is 0 Å². The fourth-order valence-electron chi connectivity index (χ4n) is 1.99. The standard InChI is InChI=1S/C10H13/c1-8-6-9-4-2-3-5-10(9)7-8/h2-5,8-9H,6-7H2,1H3. The zero-order valence-electron chi connectivity index (χ0n) is 6.38. The average Bonchev–Trinajstić information content (AvgIpc) is 2.27. The Morgan fingerprint density at radius 3 is 3.10 bits per heavy atom. The van der Waals surface area contributed by atoms with Gasteiger partial charge in [0.2, 0.25) is 0 Å². The molecule has 0 aromatic rings. The van der Waals surface area contributed by atoms with Crippen molar-refractivity contribution in [2.45, 2.75) is 19.8 Å². The average molecular weight is 133 g/mol. The predicted molar refractivity (Wildman–Crippen MR) is 43.4 cm³/mol. The fourth-order valence-corrected chi connectivity index (χ4v) is 1.99. The van der Waals surface area contributed by atoms with E-state index in [1.54, 1.807) is 5.57 Å². The van der Waals surface area contributed by atoms with E-state index in [4.69, 9.17) is 0 Å². The lowest BCUT2D eigenvalue weighted by atomic mass is 9.95. The van der Waals surface area contributed by atoms with Crippen LogP contribution in [-0.2, 0) is 0 Å². The molecule has 0 nitrogen and oxygen atoms in total. The van der Waals surface area contributed by atoms with Crippen molar-refractivity contribution in [2.24, 2.45) is 11.8 Å². The third-order valence-electron chi connectivity index (χ3n) is 2.48. The Bertz CT molecular complexity index is 186. The summed E-state index contributed by atoms with van der Waals surface area (Å²) in [6.07, 6.45) is 11.6. The van der Waals surface area contributed by atoms with Gasteiger partial charge in [0.25, 0.3) is 0 Å². The first kappa shape index (κ1) is 6.21. The fraction of sp³-hybridized carbons (Fsp3) is 0.500. The molecule has 1 radical (unpaired) electrons. The molecule has 0 saturated heterocycles. The van der Waals surface area contributed by atoms with Gasteiger partial charge in [-0.1, -0.05) is 30.7 Å². The Hall–Kier alpha value is -0.520. The molecule has 0 heteroatoms. The SMILES string of the molecule is CC1CC2=CC=C[CH]C2C1. The lowest BCUT2D eigenvalue weighted by molar-refractivity contribution is 0.577. The highest BCUT2D eigenvalue weighted by Gasteiger charge is 2.25. The Balaban J connectivity index is 2.18. The maximum atomic E-state index is 2.34. The molecule has 2 aliphatic rings. The van der Waals surface area contributed by atoms with E-state index < -0.39 is 0 Å². The van der Waals surface area contributed by atoms with E-state index in [1.165, 1.54) is 12.8 Å². The molecule has 2 aliphatic carbocycles. The zero-order chi connectivity index (χ0) is 6.97. The third kappa shape index (κ3) is 0.920. The number of fused-ring (bicyclic) bond motifs is 1. The molecule has 0 spiro atoms. The Labute approximate surface area is 62.6 Å². The van der Waals surface area contributed by atoms with Crippen LogP contribution in [0.15, 0.2) is 23.8 Å². The quantitative estimate of drug-likeness (QED) is 0.476. The summed E-state index contributed by atoms with van der Waals surface area (Å²) in [5.41, 5.74) is 1.65. The van der Waals surface area contributed by atoms with Crippen molar-refractivity contribution in [1.82, 2.24) is 0 Å². The maximum absolute atomic E-state index is 2.34. The van der Waals surface area contributed by atoms with Crippen LogP contribution in [0, 0.1) is 18.3 Å². The molecule has 10 heavy (non-hydrogen) atoms. The highest BCUT2D eigenvalue weighted by atomic mass is 14.3. The second-order valence-corrected chi connectivity index (χ2v) is 3.47. The molecule has 2 unspecified atom stereocenters. The van der Waals surface area contributed by atoms with Crippen molar-refractivity contribution in [3.8, 4) is 0 Å². The molecule has 2 atom stereocenters. The second kappa shape index (κ2) is 2.26. The van der Waals surface area contributed by atoms with Crippen LogP contribution in [0.25, 0.3) is 0 Å². The van der Waals surface area contributed by atoms with Crippen LogP contribution >= 0.6 is 0 Å². The molecule has 53 valence electrons. The van der Waals surface area contributed by atoms with Crippen molar-refractivity contribution in [2.75, 3.05) is 0 Å². The van der Waals surface area contributed by atoms with Crippen LogP contribution in [0.4, 0.5) is 0 Å². The number of hydrogen-bond donors (Lipinski definition) is 0. The molecule has 0 amide bonds. The van der Waals surface area contributed by atoms with Gasteiger partial charge in [0, 0.05) is 0 Å². The molecule has 0 bridgehead atoms. The lowest BCUT2D eigenvalue weighted by Crippen LogP contribution is -1.98. The van der Waals surface area contributed by atoms with Crippen molar-refractivity contribution in [3.05, 3.63) is 30.2 Å². The molecule has 0 N–H and O–H groups in total. The molecule has 0 aromatic carbocycles. The first-order valence-corrected chi connectivity index (χ1v) is 4.07. The lowest BCUT2D eigenvalue weighted by Gasteiger charge is -2.10. The maximum Gasteiger partial charge on any atom is -0.00957 e. The normalized spacial score (nSPS) is 37.5. The van der Waals surface area contributed by atoms with E-state index in [-0.39, 0.29) is 0 Å². The second-order valence-electron chi connectivity index (χ2n) is 3.47. The Morgan fingerprint density at radius 2 is 2.30 bits per heavy atom. The van der Waals surface area contributed by atoms with Crippen LogP contribution in [0.2, 0.25) is 0 Å². The highest BCUT2D eigenvalue weighted by molar-refractivity contribution is 5.29. The van der Waals surface area contributed by atoms with Crippen molar-refractivity contribution >= 4 is 0 Å². The van der Waals surface area contributed by atoms with Crippen LogP contribution < -0.4 is 0 Å². The van der Waals surface area contributed by atoms with E-state index in [9.17, 15) is 0 Å². The van der Waals surface area contributed by atoms with Crippen molar-refractivity contribution in [3.63, 3.8) is 0 Å². The van der Waals surface area contributed by atoms with E-state index in [1.807, 2.05) is 0 Å². The topological polar surface area (TPSA) is 0 Å². The Morgan fingerprint density at radius 1 is 1.40 bits per heavy atom. The summed E-state index contributed by atoms with van der Waals surface area (Å²) in [5.74, 6) is 1.70. The first-order chi connectivity index (χ1) is 4.86. The minimum atomic E-state index is 0.792. The van der Waals surface area contributed by atoms with E-state index >= 15 is 0 Å². The zero-order valence-corrected chi connectivity index (χ0v) is 6.38. The van der Waals surface area contributed by atoms with E-state index in [2.05, 4.69) is 31.6 Å². The van der Waals surface area contributed by atoms with Gasteiger partial charge in [-0.3, -0.25) is 0 Å². The monoisotopic (exact) mass is 133 g/mol.